The molecule has 0 aliphatic carbocycles. The maximum absolute atomic E-state index is 13.3. The van der Waals surface area contributed by atoms with Gasteiger partial charge in [-0.2, -0.15) is 0 Å². The van der Waals surface area contributed by atoms with E-state index in [-0.39, 0.29) is 5.82 Å². The van der Waals surface area contributed by atoms with E-state index in [4.69, 9.17) is 17.5 Å². The van der Waals surface area contributed by atoms with Crippen LogP contribution in [0, 0.1) is 5.82 Å². The van der Waals surface area contributed by atoms with Crippen LogP contribution < -0.4 is 10.7 Å². The minimum atomic E-state index is -0.304. The van der Waals surface area contributed by atoms with Crippen LogP contribution in [0.4, 0.5) is 9.39 Å². The molecule has 0 bridgehead atoms. The molecule has 2 N–H and O–H groups in total. The van der Waals surface area contributed by atoms with Gasteiger partial charge in [-0.3, -0.25) is 0 Å². The number of halogens is 2. The predicted octanol–water partition coefficient (Wildman–Crippen LogP) is 6.52. The Morgan fingerprint density at radius 2 is 2.07 bits per heavy atom. The molecule has 2 aromatic rings. The lowest BCUT2D eigenvalue weighted by atomic mass is 10.3. The van der Waals surface area contributed by atoms with Crippen molar-refractivity contribution in [1.82, 2.24) is 4.53 Å². The van der Waals surface area contributed by atoms with Gasteiger partial charge in [0.1, 0.15) is 15.8 Å². The van der Waals surface area contributed by atoms with E-state index in [2.05, 4.69) is 11.6 Å². The van der Waals surface area contributed by atoms with Gasteiger partial charge >= 0.3 is 0 Å². The lowest BCUT2D eigenvalue weighted by molar-refractivity contribution is 0.536. The number of benzene rings is 1. The van der Waals surface area contributed by atoms with Crippen LogP contribution in [0.1, 0.15) is 19.4 Å². The van der Waals surface area contributed by atoms with E-state index in [0.717, 1.165) is 10.6 Å². The quantitative estimate of drug-likeness (QED) is 0.417. The molecule has 1 aliphatic rings. The van der Waals surface area contributed by atoms with E-state index in [0.29, 0.717) is 15.7 Å². The highest BCUT2D eigenvalue weighted by atomic mass is 35.5. The van der Waals surface area contributed by atoms with E-state index >= 15 is 0 Å². The molecule has 0 radical (unpaired) electrons. The minimum Gasteiger partial charge on any atom is -0.390 e. The zero-order valence-corrected chi connectivity index (χ0v) is 19.4. The molecule has 2 heterocycles. The summed E-state index contributed by atoms with van der Waals surface area (Å²) in [6, 6.07) is 8.21. The Morgan fingerprint density at radius 3 is 2.64 bits per heavy atom. The summed E-state index contributed by atoms with van der Waals surface area (Å²) in [6.45, 7) is 7.44. The Balaban J connectivity index is 0.000000583. The van der Waals surface area contributed by atoms with Crippen molar-refractivity contribution in [1.29, 1.82) is 0 Å². The number of rotatable bonds is 4. The third kappa shape index (κ3) is 6.86. The smallest absolute Gasteiger partial charge is 0.180 e. The van der Waals surface area contributed by atoms with Gasteiger partial charge < -0.3 is 5.73 Å². The van der Waals surface area contributed by atoms with Gasteiger partial charge in [0.25, 0.3) is 0 Å². The first-order valence-corrected chi connectivity index (χ1v) is 11.7. The molecule has 1 aromatic carbocycles. The van der Waals surface area contributed by atoms with Gasteiger partial charge in [-0.15, -0.1) is 27.6 Å². The highest BCUT2D eigenvalue weighted by Crippen LogP contribution is 2.37. The van der Waals surface area contributed by atoms with Crippen molar-refractivity contribution in [3.63, 3.8) is 0 Å². The largest absolute Gasteiger partial charge is 0.390 e. The number of thiophene rings is 1. The van der Waals surface area contributed by atoms with E-state index < -0.39 is 0 Å². The fourth-order valence-corrected chi connectivity index (χ4v) is 3.89. The number of hydrogen-bond donors (Lipinski definition) is 1. The average Bonchev–Trinajstić information content (AvgIpc) is 3.17. The van der Waals surface area contributed by atoms with Gasteiger partial charge in [0, 0.05) is 35.5 Å². The van der Waals surface area contributed by atoms with Gasteiger partial charge in [-0.1, -0.05) is 38.3 Å². The molecular formula is C19H24ClFN4S3. The summed E-state index contributed by atoms with van der Waals surface area (Å²) >= 11 is 10.5. The summed E-state index contributed by atoms with van der Waals surface area (Å²) in [5.74, 6) is 0.212. The van der Waals surface area contributed by atoms with Crippen LogP contribution in [0.25, 0.3) is 0 Å². The lowest BCUT2D eigenvalue weighted by Gasteiger charge is -2.30. The SMILES string of the molecule is C=CSC.CC.CN(Cl)N1/C(=C(\N)Sc2cccc(F)c2)N=Cc2ccsc21. The standard InChI is InChI=1S/C14H12ClFN4S2.C3H6S.C2H6/c1-19(15)20-13(18-8-9-5-6-21-14(9)20)12(17)22-11-4-2-3-10(16)7-11;1-3-4-2;1-2/h2-8H,17H2,1H3;3H,1H2,2H3;1-2H3/b13-12+;;. The Morgan fingerprint density at radius 1 is 1.39 bits per heavy atom. The molecule has 0 fully saturated rings. The summed E-state index contributed by atoms with van der Waals surface area (Å²) in [7, 11) is 1.70. The van der Waals surface area contributed by atoms with E-state index in [9.17, 15) is 4.39 Å². The number of hydrazine groups is 1. The third-order valence-electron chi connectivity index (χ3n) is 3.08. The number of anilines is 1. The molecule has 0 amide bonds. The number of aliphatic imine (C=N–C) groups is 1. The monoisotopic (exact) mass is 458 g/mol. The highest BCUT2D eigenvalue weighted by Gasteiger charge is 2.25. The Labute approximate surface area is 184 Å². The number of nitrogens with two attached hydrogens (primary N) is 1. The molecule has 3 rings (SSSR count). The first-order valence-electron chi connectivity index (χ1n) is 8.36. The van der Waals surface area contributed by atoms with Crippen LogP contribution in [0.2, 0.25) is 0 Å². The molecule has 1 aromatic heterocycles. The van der Waals surface area contributed by atoms with E-state index in [1.165, 1.54) is 28.4 Å². The zero-order chi connectivity index (χ0) is 21.1. The van der Waals surface area contributed by atoms with Gasteiger partial charge in [-0.05, 0) is 41.3 Å². The summed E-state index contributed by atoms with van der Waals surface area (Å²) in [6.07, 6.45) is 3.73. The van der Waals surface area contributed by atoms with E-state index in [1.54, 1.807) is 58.9 Å². The molecule has 0 spiro atoms. The first kappa shape index (κ1) is 24.6. The normalized spacial score (nSPS) is 13.8. The fourth-order valence-electron chi connectivity index (χ4n) is 1.99. The van der Waals surface area contributed by atoms with Crippen molar-refractivity contribution in [2.24, 2.45) is 10.7 Å². The van der Waals surface area contributed by atoms with Crippen LogP contribution in [0.3, 0.4) is 0 Å². The van der Waals surface area contributed by atoms with Crippen LogP contribution >= 0.6 is 46.6 Å². The van der Waals surface area contributed by atoms with Gasteiger partial charge in [0.2, 0.25) is 0 Å². The molecule has 0 unspecified atom stereocenters. The Bertz CT molecular complexity index is 821. The molecule has 9 heteroatoms. The second kappa shape index (κ2) is 12.9. The lowest BCUT2D eigenvalue weighted by Crippen LogP contribution is -2.35. The molecule has 0 saturated carbocycles. The number of nitrogens with zero attached hydrogens (tertiary/aromatic N) is 3. The maximum atomic E-state index is 13.3. The molecule has 1 aliphatic heterocycles. The summed E-state index contributed by atoms with van der Waals surface area (Å²) in [4.78, 5) is 5.09. The van der Waals surface area contributed by atoms with Crippen molar-refractivity contribution in [3.05, 3.63) is 69.9 Å². The summed E-state index contributed by atoms with van der Waals surface area (Å²) in [5.41, 5.74) is 7.15. The number of thioether (sulfide) groups is 2. The van der Waals surface area contributed by atoms with Crippen LogP contribution in [0.5, 0.6) is 0 Å². The van der Waals surface area contributed by atoms with Crippen LogP contribution in [-0.2, 0) is 0 Å². The fraction of sp³-hybridized carbons (Fsp3) is 0.211. The predicted molar refractivity (Wildman–Crippen MR) is 127 cm³/mol. The van der Waals surface area contributed by atoms with E-state index in [1.807, 2.05) is 31.5 Å². The molecule has 0 atom stereocenters. The second-order valence-electron chi connectivity index (χ2n) is 4.85. The Hall–Kier alpha value is -1.45. The molecule has 0 saturated heterocycles. The van der Waals surface area contributed by atoms with Crippen molar-refractivity contribution in [2.45, 2.75) is 18.7 Å². The maximum Gasteiger partial charge on any atom is 0.180 e. The van der Waals surface area contributed by atoms with Gasteiger partial charge in [0.15, 0.2) is 5.82 Å². The van der Waals surface area contributed by atoms with Gasteiger partial charge in [-0.25, -0.2) is 14.4 Å². The zero-order valence-electron chi connectivity index (χ0n) is 16.2. The Kier molecular flexibility index (Phi) is 11.3. The molecule has 152 valence electrons. The summed E-state index contributed by atoms with van der Waals surface area (Å²) < 4.78 is 14.7. The van der Waals surface area contributed by atoms with Crippen molar-refractivity contribution in [3.8, 4) is 0 Å². The number of hydrogen-bond acceptors (Lipinski definition) is 7. The third-order valence-corrected chi connectivity index (χ3v) is 5.36. The van der Waals surface area contributed by atoms with Crippen molar-refractivity contribution >= 4 is 57.9 Å². The minimum absolute atomic E-state index is 0.304. The van der Waals surface area contributed by atoms with Gasteiger partial charge in [0.05, 0.1) is 0 Å². The van der Waals surface area contributed by atoms with Crippen LogP contribution in [-0.4, -0.2) is 24.0 Å². The van der Waals surface area contributed by atoms with Crippen molar-refractivity contribution < 1.29 is 4.39 Å². The molecule has 28 heavy (non-hydrogen) atoms. The first-order chi connectivity index (χ1) is 13.5. The second-order valence-corrected chi connectivity index (χ2v) is 8.15. The van der Waals surface area contributed by atoms with Crippen LogP contribution in [0.15, 0.2) is 68.4 Å². The topological polar surface area (TPSA) is 44.9 Å². The highest BCUT2D eigenvalue weighted by molar-refractivity contribution is 8.03. The number of fused-ring (bicyclic) bond motifs is 1. The van der Waals surface area contributed by atoms with Crippen molar-refractivity contribution in [2.75, 3.05) is 18.3 Å². The molecular weight excluding hydrogens is 435 g/mol. The summed E-state index contributed by atoms with van der Waals surface area (Å²) in [5, 5.41) is 6.85. The molecule has 4 nitrogen and oxygen atoms in total. The average molecular weight is 459 g/mol.